The van der Waals surface area contributed by atoms with Crippen LogP contribution >= 0.6 is 0 Å². The number of carbonyl (C=O) groups excluding carboxylic acids is 1. The molecule has 0 bridgehead atoms. The van der Waals surface area contributed by atoms with Gasteiger partial charge in [-0.2, -0.15) is 5.10 Å². The van der Waals surface area contributed by atoms with Crippen molar-refractivity contribution in [3.8, 4) is 5.75 Å². The number of carbonyl (C=O) groups is 1. The Morgan fingerprint density at radius 1 is 1.03 bits per heavy atom. The number of benzene rings is 2. The van der Waals surface area contributed by atoms with Gasteiger partial charge in [0.25, 0.3) is 0 Å². The smallest absolute Gasteiger partial charge is 0.211 e. The van der Waals surface area contributed by atoms with Crippen molar-refractivity contribution in [3.05, 3.63) is 93.6 Å². The maximum Gasteiger partial charge on any atom is 0.211 e. The molecule has 6 aliphatic rings. The lowest BCUT2D eigenvalue weighted by molar-refractivity contribution is -0.109. The highest BCUT2D eigenvalue weighted by molar-refractivity contribution is 6.28. The number of allylic oxidation sites excluding steroid dienone is 5. The minimum absolute atomic E-state index is 0.00181. The van der Waals surface area contributed by atoms with Crippen LogP contribution in [0.2, 0.25) is 0 Å². The summed E-state index contributed by atoms with van der Waals surface area (Å²) < 4.78 is 40.4. The quantitative estimate of drug-likeness (QED) is 0.0545. The van der Waals surface area contributed by atoms with Gasteiger partial charge < -0.3 is 35.2 Å². The third kappa shape index (κ3) is 14.5. The lowest BCUT2D eigenvalue weighted by Crippen LogP contribution is -2.50. The van der Waals surface area contributed by atoms with Gasteiger partial charge in [-0.05, 0) is 155 Å². The summed E-state index contributed by atoms with van der Waals surface area (Å²) in [4.78, 5) is 31.5. The first-order valence-electron chi connectivity index (χ1n) is 28.8. The van der Waals surface area contributed by atoms with Crippen LogP contribution in [-0.4, -0.2) is 133 Å². The van der Waals surface area contributed by atoms with Gasteiger partial charge in [0.05, 0.1) is 23.4 Å². The number of hydrogen-bond donors (Lipinski definition) is 3. The number of halogens is 2. The first kappa shape index (κ1) is 57.8. The summed E-state index contributed by atoms with van der Waals surface area (Å²) in [6.45, 7) is 32.0. The van der Waals surface area contributed by atoms with E-state index in [0.717, 1.165) is 127 Å². The van der Waals surface area contributed by atoms with Crippen LogP contribution < -0.4 is 10.6 Å². The van der Waals surface area contributed by atoms with Crippen LogP contribution in [-0.2, 0) is 23.0 Å². The number of hydrogen-bond acceptors (Lipinski definition) is 11. The second-order valence-electron chi connectivity index (χ2n) is 24.0. The van der Waals surface area contributed by atoms with E-state index >= 15 is 8.78 Å². The number of aromatic nitrogens is 2. The van der Waals surface area contributed by atoms with Crippen LogP contribution in [0.1, 0.15) is 158 Å². The first-order valence-corrected chi connectivity index (χ1v) is 28.8. The fourth-order valence-electron chi connectivity index (χ4n) is 12.8. The van der Waals surface area contributed by atoms with Crippen molar-refractivity contribution >= 4 is 47.2 Å². The summed E-state index contributed by atoms with van der Waals surface area (Å²) in [6.07, 6.45) is 14.2. The van der Waals surface area contributed by atoms with Gasteiger partial charge in [0.2, 0.25) is 6.41 Å². The Bertz CT molecular complexity index is 2750. The van der Waals surface area contributed by atoms with Crippen molar-refractivity contribution in [3.63, 3.8) is 0 Å². The lowest BCUT2D eigenvalue weighted by atomic mass is 9.83. The summed E-state index contributed by atoms with van der Waals surface area (Å²) in [5, 5.41) is 22.8. The highest BCUT2D eigenvalue weighted by Gasteiger charge is 2.45. The van der Waals surface area contributed by atoms with E-state index in [9.17, 15) is 9.90 Å². The van der Waals surface area contributed by atoms with E-state index in [1.165, 1.54) is 41.8 Å². The Balaban J connectivity index is 0.000000261. The van der Waals surface area contributed by atoms with Gasteiger partial charge in [0.15, 0.2) is 5.83 Å². The molecule has 1 amide bonds. The van der Waals surface area contributed by atoms with Crippen LogP contribution in [0.4, 0.5) is 8.78 Å². The molecule has 3 aromatic rings. The Morgan fingerprint density at radius 2 is 1.75 bits per heavy atom. The summed E-state index contributed by atoms with van der Waals surface area (Å²) in [5.41, 5.74) is 7.87. The highest BCUT2D eigenvalue weighted by atomic mass is 19.1. The molecule has 1 saturated carbocycles. The molecule has 0 radical (unpaired) electrons. The van der Waals surface area contributed by atoms with Gasteiger partial charge in [-0.15, -0.1) is 0 Å². The van der Waals surface area contributed by atoms with Crippen molar-refractivity contribution in [1.29, 1.82) is 0 Å². The lowest BCUT2D eigenvalue weighted by Gasteiger charge is -2.40. The monoisotopic (exact) mass is 1060 g/mol. The average molecular weight is 1060 g/mol. The van der Waals surface area contributed by atoms with E-state index in [0.29, 0.717) is 77.1 Å². The number of aromatic hydroxyl groups is 1. The van der Waals surface area contributed by atoms with Crippen LogP contribution in [0, 0.1) is 16.7 Å². The number of rotatable bonds is 21. The van der Waals surface area contributed by atoms with Crippen molar-refractivity contribution in [1.82, 2.24) is 35.1 Å². The SMILES string of the molecule is C=C(CCC(C)c1nn(C)c2cc(C3CCNCC3)ccc12)NC=O.C=N/C(=C1/C=NC(c2cc(O)cc3c2C(CC)=C(F)CC3)=C(F)/C1=N/COCC1(CN2CCN(CC(C)(C)CC(C)C)CC2)CC1)N1CCCCC1. The maximum atomic E-state index is 17.0. The van der Waals surface area contributed by atoms with Crippen molar-refractivity contribution < 1.29 is 23.4 Å². The zero-order valence-electron chi connectivity index (χ0n) is 47.5. The number of piperazine rings is 1. The van der Waals surface area contributed by atoms with E-state index in [-0.39, 0.29) is 41.6 Å². The third-order valence-corrected chi connectivity index (χ3v) is 16.7. The van der Waals surface area contributed by atoms with E-state index in [2.05, 4.69) is 101 Å². The highest BCUT2D eigenvalue weighted by Crippen LogP contribution is 2.47. The van der Waals surface area contributed by atoms with Gasteiger partial charge in [-0.25, -0.2) is 13.8 Å². The van der Waals surface area contributed by atoms with Gasteiger partial charge in [0, 0.05) is 100 Å². The number of likely N-dealkylation sites (tertiary alicyclic amines) is 1. The predicted molar refractivity (Wildman–Crippen MR) is 311 cm³/mol. The number of aliphatic imine (C=N–C) groups is 3. The Hall–Kier alpha value is -5.35. The minimum Gasteiger partial charge on any atom is -0.508 e. The average Bonchev–Trinajstić information content (AvgIpc) is 4.10. The molecule has 3 saturated heterocycles. The van der Waals surface area contributed by atoms with Gasteiger partial charge >= 0.3 is 0 Å². The molecule has 15 heteroatoms. The second kappa shape index (κ2) is 26.1. The van der Waals surface area contributed by atoms with E-state index in [1.54, 1.807) is 12.3 Å². The van der Waals surface area contributed by atoms with Crippen LogP contribution in [0.5, 0.6) is 5.75 Å². The third-order valence-electron chi connectivity index (χ3n) is 16.7. The van der Waals surface area contributed by atoms with Crippen LogP contribution in [0.3, 0.4) is 0 Å². The van der Waals surface area contributed by atoms with Gasteiger partial charge in [0.1, 0.15) is 35.5 Å². The molecular weight excluding hydrogens is 971 g/mol. The number of piperidine rings is 2. The zero-order chi connectivity index (χ0) is 54.9. The minimum atomic E-state index is -0.635. The molecule has 0 spiro atoms. The number of nitrogens with one attached hydrogen (secondary N) is 2. The molecule has 1 aromatic heterocycles. The molecule has 13 nitrogen and oxygen atoms in total. The zero-order valence-corrected chi connectivity index (χ0v) is 47.5. The Labute approximate surface area is 457 Å². The molecule has 2 aliphatic carbocycles. The Morgan fingerprint density at radius 3 is 2.43 bits per heavy atom. The number of ether oxygens (including phenoxy) is 1. The number of amides is 1. The maximum absolute atomic E-state index is 17.0. The van der Waals surface area contributed by atoms with Crippen molar-refractivity contribution in [2.45, 2.75) is 137 Å². The molecule has 4 fully saturated rings. The first-order chi connectivity index (χ1) is 37.0. The molecule has 2 aromatic carbocycles. The molecule has 3 N–H and O–H groups in total. The fraction of sp³-hybridized carbons (Fsp3) is 0.597. The van der Waals surface area contributed by atoms with Crippen LogP contribution in [0.15, 0.2) is 80.6 Å². The molecule has 5 heterocycles. The van der Waals surface area contributed by atoms with Gasteiger partial charge in [-0.1, -0.05) is 60.3 Å². The topological polar surface area (TPSA) is 135 Å². The number of phenolic OH excluding ortho intramolecular Hbond substituents is 1. The number of phenols is 1. The Kier molecular flexibility index (Phi) is 19.6. The summed E-state index contributed by atoms with van der Waals surface area (Å²) in [7, 11) is 2.03. The molecule has 418 valence electrons. The molecule has 77 heavy (non-hydrogen) atoms. The fourth-order valence-corrected chi connectivity index (χ4v) is 12.8. The number of nitrogens with zero attached hydrogens (tertiary/aromatic N) is 8. The normalized spacial score (nSPS) is 21.1. The number of fused-ring (bicyclic) bond motifs is 2. The summed E-state index contributed by atoms with van der Waals surface area (Å²) >= 11 is 0. The molecule has 1 unspecified atom stereocenters. The van der Waals surface area contributed by atoms with E-state index in [1.807, 2.05) is 18.7 Å². The number of aryl methyl sites for hydroxylation is 2. The van der Waals surface area contributed by atoms with Crippen molar-refractivity contribution in [2.75, 3.05) is 78.8 Å². The van der Waals surface area contributed by atoms with E-state index < -0.39 is 5.83 Å². The standard InChI is InChI=1S/C42H60F2N6O2.C20H28N4O/c1-7-32-35(43)12-11-30-21-31(51)22-33(36(30)32)38-37(44)39(34(24-46-38)40(45-6)50-15-9-8-10-16-50)47-28-52-27-42(13-14-42)26-49-19-17-48(18-20-49)25-41(4,5)23-29(2)3;1-14(4-5-15(2)22-13-25)20-18-7-6-17(12-19(18)24(3)23-20)16-8-10-21-11-9-16/h21-22,24,29,51H,6-20,23,25-28H2,1-5H3;6-7,12-14,16,21H,2,4-5,8-11H2,1,3H3,(H,22,25)/b40-34+,47-39+;. The van der Waals surface area contributed by atoms with Gasteiger partial charge in [-0.3, -0.25) is 19.5 Å². The van der Waals surface area contributed by atoms with Crippen molar-refractivity contribution in [2.24, 2.45) is 38.8 Å². The summed E-state index contributed by atoms with van der Waals surface area (Å²) in [5.74, 6) is 1.39. The predicted octanol–water partition coefficient (Wildman–Crippen LogP) is 11.6. The van der Waals surface area contributed by atoms with Crippen LogP contribution in [0.25, 0.3) is 22.2 Å². The molecule has 4 aliphatic heterocycles. The molecule has 1 atom stereocenters. The second-order valence-corrected chi connectivity index (χ2v) is 24.0. The molecular formula is C62H88F2N10O3. The molecule has 9 rings (SSSR count). The summed E-state index contributed by atoms with van der Waals surface area (Å²) in [6, 6.07) is 9.98. The largest absolute Gasteiger partial charge is 0.508 e. The van der Waals surface area contributed by atoms with E-state index in [4.69, 9.17) is 14.8 Å².